The van der Waals surface area contributed by atoms with Crippen LogP contribution in [-0.2, 0) is 4.74 Å². The van der Waals surface area contributed by atoms with Gasteiger partial charge >= 0.3 is 0 Å². The number of rotatable bonds is 6. The molecule has 0 fully saturated rings. The summed E-state index contributed by atoms with van der Waals surface area (Å²) in [6.45, 7) is 5.98. The number of anilines is 1. The van der Waals surface area contributed by atoms with E-state index >= 15 is 0 Å². The minimum Gasteiger partial charge on any atom is -0.385 e. The Bertz CT molecular complexity index is 508. The lowest BCUT2D eigenvalue weighted by molar-refractivity contribution is 0.157. The fourth-order valence-electron chi connectivity index (χ4n) is 1.69. The van der Waals surface area contributed by atoms with Crippen molar-refractivity contribution in [3.8, 4) is 0 Å². The van der Waals surface area contributed by atoms with E-state index in [4.69, 9.17) is 4.74 Å². The van der Waals surface area contributed by atoms with Crippen LogP contribution in [-0.4, -0.2) is 40.2 Å². The molecule has 6 nitrogen and oxygen atoms in total. The summed E-state index contributed by atoms with van der Waals surface area (Å²) in [7, 11) is 1.72. The van der Waals surface area contributed by atoms with E-state index in [2.05, 4.69) is 39.1 Å². The molecule has 0 bridgehead atoms. The molecule has 0 spiro atoms. The fraction of sp³-hybridized carbons (Fsp3) is 0.583. The minimum atomic E-state index is 0.146. The lowest BCUT2D eigenvalue weighted by atomic mass is 9.90. The molecule has 18 heavy (non-hydrogen) atoms. The van der Waals surface area contributed by atoms with E-state index in [0.717, 1.165) is 30.9 Å². The van der Waals surface area contributed by atoms with Gasteiger partial charge in [0.25, 0.3) is 0 Å². The van der Waals surface area contributed by atoms with Crippen molar-refractivity contribution in [2.75, 3.05) is 25.6 Å². The van der Waals surface area contributed by atoms with Crippen molar-refractivity contribution in [3.05, 3.63) is 12.7 Å². The number of methoxy groups -OCH3 is 1. The number of nitrogens with zero attached hydrogens (tertiary/aromatic N) is 3. The Labute approximate surface area is 106 Å². The van der Waals surface area contributed by atoms with Gasteiger partial charge in [-0.25, -0.2) is 15.0 Å². The molecule has 0 aliphatic carbocycles. The fourth-order valence-corrected chi connectivity index (χ4v) is 1.69. The third-order valence-corrected chi connectivity index (χ3v) is 2.94. The number of imidazole rings is 1. The van der Waals surface area contributed by atoms with E-state index in [9.17, 15) is 0 Å². The van der Waals surface area contributed by atoms with Crippen LogP contribution in [0.1, 0.15) is 20.3 Å². The number of ether oxygens (including phenoxy) is 1. The Morgan fingerprint density at radius 2 is 2.17 bits per heavy atom. The van der Waals surface area contributed by atoms with Gasteiger partial charge in [0.05, 0.1) is 6.33 Å². The van der Waals surface area contributed by atoms with Crippen molar-refractivity contribution >= 4 is 17.0 Å². The average Bonchev–Trinajstić information content (AvgIpc) is 2.82. The minimum absolute atomic E-state index is 0.146. The van der Waals surface area contributed by atoms with E-state index < -0.39 is 0 Å². The number of H-pyrrole nitrogens is 1. The maximum Gasteiger partial charge on any atom is 0.182 e. The highest BCUT2D eigenvalue weighted by Gasteiger charge is 2.18. The zero-order valence-corrected chi connectivity index (χ0v) is 11.0. The maximum atomic E-state index is 5.12. The van der Waals surface area contributed by atoms with E-state index in [1.807, 2.05) is 0 Å². The summed E-state index contributed by atoms with van der Waals surface area (Å²) in [6, 6.07) is 0. The Kier molecular flexibility index (Phi) is 3.76. The van der Waals surface area contributed by atoms with Crippen LogP contribution in [0.2, 0.25) is 0 Å². The molecule has 0 aliphatic heterocycles. The van der Waals surface area contributed by atoms with Gasteiger partial charge in [-0.15, -0.1) is 0 Å². The van der Waals surface area contributed by atoms with Gasteiger partial charge in [-0.3, -0.25) is 0 Å². The van der Waals surface area contributed by atoms with Crippen LogP contribution in [0.5, 0.6) is 0 Å². The van der Waals surface area contributed by atoms with E-state index in [0.29, 0.717) is 5.65 Å². The summed E-state index contributed by atoms with van der Waals surface area (Å²) in [4.78, 5) is 15.5. The van der Waals surface area contributed by atoms with Crippen LogP contribution in [0.4, 0.5) is 5.82 Å². The largest absolute Gasteiger partial charge is 0.385 e. The smallest absolute Gasteiger partial charge is 0.182 e. The third kappa shape index (κ3) is 2.95. The molecular weight excluding hydrogens is 230 g/mol. The van der Waals surface area contributed by atoms with Gasteiger partial charge in [0.15, 0.2) is 11.5 Å². The molecule has 0 saturated heterocycles. The third-order valence-electron chi connectivity index (χ3n) is 2.94. The summed E-state index contributed by atoms with van der Waals surface area (Å²) >= 11 is 0. The molecule has 6 heteroatoms. The molecule has 2 heterocycles. The van der Waals surface area contributed by atoms with Gasteiger partial charge in [0.2, 0.25) is 0 Å². The normalized spacial score (nSPS) is 11.9. The van der Waals surface area contributed by atoms with Gasteiger partial charge in [-0.2, -0.15) is 0 Å². The molecule has 0 amide bonds. The lowest BCUT2D eigenvalue weighted by Crippen LogP contribution is -2.25. The summed E-state index contributed by atoms with van der Waals surface area (Å²) in [6.07, 6.45) is 4.14. The van der Waals surface area contributed by atoms with Gasteiger partial charge in [0.1, 0.15) is 11.8 Å². The standard InChI is InChI=1S/C12H19N5O/c1-12(2,4-5-18-3)6-13-10-9-11(15-7-14-9)17-8-16-10/h7-8H,4-6H2,1-3H3,(H2,13,14,15,16,17). The Morgan fingerprint density at radius 1 is 1.33 bits per heavy atom. The predicted octanol–water partition coefficient (Wildman–Crippen LogP) is 1.83. The van der Waals surface area contributed by atoms with Crippen LogP contribution in [0.15, 0.2) is 12.7 Å². The van der Waals surface area contributed by atoms with Crippen LogP contribution in [0, 0.1) is 5.41 Å². The number of aromatic nitrogens is 4. The first-order valence-electron chi connectivity index (χ1n) is 5.99. The number of fused-ring (bicyclic) bond motifs is 1. The molecule has 2 N–H and O–H groups in total. The first kappa shape index (κ1) is 12.8. The Hall–Kier alpha value is -1.69. The number of nitrogens with one attached hydrogen (secondary N) is 2. The molecule has 2 aromatic rings. The van der Waals surface area contributed by atoms with Crippen molar-refractivity contribution in [2.45, 2.75) is 20.3 Å². The van der Waals surface area contributed by atoms with Crippen LogP contribution in [0.25, 0.3) is 11.2 Å². The molecule has 0 aliphatic rings. The number of aromatic amines is 1. The number of hydrogen-bond donors (Lipinski definition) is 2. The van der Waals surface area contributed by atoms with E-state index in [1.165, 1.54) is 6.33 Å². The molecule has 0 atom stereocenters. The van der Waals surface area contributed by atoms with Crippen molar-refractivity contribution in [1.82, 2.24) is 19.9 Å². The Balaban J connectivity index is 2.03. The SMILES string of the molecule is COCCC(C)(C)CNc1ncnc2nc[nH]c12. The highest BCUT2D eigenvalue weighted by atomic mass is 16.5. The summed E-state index contributed by atoms with van der Waals surface area (Å²) in [5.41, 5.74) is 1.68. The average molecular weight is 249 g/mol. The van der Waals surface area contributed by atoms with E-state index in [-0.39, 0.29) is 5.41 Å². The lowest BCUT2D eigenvalue weighted by Gasteiger charge is -2.24. The molecule has 0 aromatic carbocycles. The Morgan fingerprint density at radius 3 is 2.94 bits per heavy atom. The van der Waals surface area contributed by atoms with Crippen molar-refractivity contribution in [1.29, 1.82) is 0 Å². The first-order valence-corrected chi connectivity index (χ1v) is 5.99. The molecular formula is C12H19N5O. The van der Waals surface area contributed by atoms with Crippen LogP contribution < -0.4 is 5.32 Å². The topological polar surface area (TPSA) is 75.7 Å². The van der Waals surface area contributed by atoms with Crippen LogP contribution in [0.3, 0.4) is 0 Å². The van der Waals surface area contributed by atoms with Gasteiger partial charge in [-0.05, 0) is 11.8 Å². The zero-order valence-electron chi connectivity index (χ0n) is 11.0. The molecule has 0 saturated carbocycles. The summed E-state index contributed by atoms with van der Waals surface area (Å²) < 4.78 is 5.12. The molecule has 0 unspecified atom stereocenters. The molecule has 2 aromatic heterocycles. The highest BCUT2D eigenvalue weighted by Crippen LogP contribution is 2.22. The predicted molar refractivity (Wildman–Crippen MR) is 70.4 cm³/mol. The van der Waals surface area contributed by atoms with Gasteiger partial charge in [0, 0.05) is 20.3 Å². The van der Waals surface area contributed by atoms with Crippen molar-refractivity contribution in [3.63, 3.8) is 0 Å². The highest BCUT2D eigenvalue weighted by molar-refractivity contribution is 5.81. The van der Waals surface area contributed by atoms with Crippen molar-refractivity contribution in [2.24, 2.45) is 5.41 Å². The van der Waals surface area contributed by atoms with Gasteiger partial charge < -0.3 is 15.0 Å². The summed E-state index contributed by atoms with van der Waals surface area (Å²) in [5.74, 6) is 0.794. The first-order chi connectivity index (χ1) is 8.62. The molecule has 98 valence electrons. The zero-order chi connectivity index (χ0) is 13.0. The van der Waals surface area contributed by atoms with Crippen molar-refractivity contribution < 1.29 is 4.74 Å². The molecule has 2 rings (SSSR count). The maximum absolute atomic E-state index is 5.12. The summed E-state index contributed by atoms with van der Waals surface area (Å²) in [5, 5.41) is 3.35. The van der Waals surface area contributed by atoms with Crippen LogP contribution >= 0.6 is 0 Å². The second kappa shape index (κ2) is 5.30. The molecule has 0 radical (unpaired) electrons. The quantitative estimate of drug-likeness (QED) is 0.816. The monoisotopic (exact) mass is 249 g/mol. The van der Waals surface area contributed by atoms with E-state index in [1.54, 1.807) is 13.4 Å². The number of hydrogen-bond acceptors (Lipinski definition) is 5. The second-order valence-electron chi connectivity index (χ2n) is 5.08. The second-order valence-corrected chi connectivity index (χ2v) is 5.08. The van der Waals surface area contributed by atoms with Gasteiger partial charge in [-0.1, -0.05) is 13.8 Å².